The zero-order chi connectivity index (χ0) is 21.3. The fourth-order valence-electron chi connectivity index (χ4n) is 3.18. The number of carbonyl (C=O) groups is 2. The first-order chi connectivity index (χ1) is 13.2. The number of carbonyl (C=O) groups excluding carboxylic acids is 2. The van der Waals surface area contributed by atoms with E-state index in [-0.39, 0.29) is 29.6 Å². The zero-order valence-electron chi connectivity index (χ0n) is 18.4. The molecule has 0 aromatic heterocycles. The van der Waals surface area contributed by atoms with Crippen LogP contribution < -0.4 is 5.32 Å². The molecule has 2 N–H and O–H groups in total. The van der Waals surface area contributed by atoms with Crippen LogP contribution in [0.1, 0.15) is 86.5 Å². The molecule has 156 valence electrons. The summed E-state index contributed by atoms with van der Waals surface area (Å²) in [5.41, 5.74) is 3.44. The van der Waals surface area contributed by atoms with E-state index in [0.29, 0.717) is 17.7 Å². The Morgan fingerprint density at radius 3 is 2.29 bits per heavy atom. The molecular formula is C24H37NO3. The number of aliphatic hydroxyl groups is 1. The summed E-state index contributed by atoms with van der Waals surface area (Å²) >= 11 is 0. The fraction of sp³-hybridized carbons (Fsp3) is 0.583. The first-order valence-corrected chi connectivity index (χ1v) is 10.5. The van der Waals surface area contributed by atoms with E-state index >= 15 is 0 Å². The molecule has 4 nitrogen and oxygen atoms in total. The van der Waals surface area contributed by atoms with Gasteiger partial charge in [0.25, 0.3) is 0 Å². The lowest BCUT2D eigenvalue weighted by atomic mass is 9.87. The molecule has 0 saturated carbocycles. The van der Waals surface area contributed by atoms with Crippen LogP contribution in [0, 0.1) is 0 Å². The molecule has 1 rings (SSSR count). The molecule has 4 heteroatoms. The van der Waals surface area contributed by atoms with Gasteiger partial charge in [0, 0.05) is 11.6 Å². The maximum absolute atomic E-state index is 13.0. The molecule has 0 aromatic rings. The van der Waals surface area contributed by atoms with Gasteiger partial charge >= 0.3 is 0 Å². The van der Waals surface area contributed by atoms with E-state index < -0.39 is 5.78 Å². The smallest absolute Gasteiger partial charge is 0.225 e. The molecule has 1 aliphatic rings. The number of unbranched alkanes of at least 4 members (excludes halogenated alkanes) is 2. The average molecular weight is 388 g/mol. The van der Waals surface area contributed by atoms with Gasteiger partial charge in [-0.3, -0.25) is 9.59 Å². The molecule has 0 unspecified atom stereocenters. The van der Waals surface area contributed by atoms with E-state index in [4.69, 9.17) is 0 Å². The van der Waals surface area contributed by atoms with Crippen molar-refractivity contribution in [3.63, 3.8) is 0 Å². The van der Waals surface area contributed by atoms with Crippen LogP contribution in [0.4, 0.5) is 0 Å². The van der Waals surface area contributed by atoms with Crippen molar-refractivity contribution in [1.82, 2.24) is 5.32 Å². The molecule has 0 fully saturated rings. The number of hydrogen-bond donors (Lipinski definition) is 2. The SMILES string of the molecule is CCCCCC1=C(NC(C)C)C(=O)C(C/C=C(\C)CCC=C(C)C)=C(O)C1=O. The van der Waals surface area contributed by atoms with Gasteiger partial charge < -0.3 is 10.4 Å². The molecule has 0 bridgehead atoms. The van der Waals surface area contributed by atoms with Gasteiger partial charge in [-0.05, 0) is 66.7 Å². The van der Waals surface area contributed by atoms with Crippen molar-refractivity contribution < 1.29 is 14.7 Å². The largest absolute Gasteiger partial charge is 0.504 e. The Hall–Kier alpha value is -2.10. The van der Waals surface area contributed by atoms with Crippen LogP contribution >= 0.6 is 0 Å². The molecule has 1 aliphatic carbocycles. The first kappa shape index (κ1) is 23.9. The van der Waals surface area contributed by atoms with E-state index in [9.17, 15) is 14.7 Å². The molecule has 0 saturated heterocycles. The van der Waals surface area contributed by atoms with E-state index in [0.717, 1.165) is 37.7 Å². The Morgan fingerprint density at radius 1 is 1.04 bits per heavy atom. The van der Waals surface area contributed by atoms with Gasteiger partial charge in [-0.2, -0.15) is 0 Å². The van der Waals surface area contributed by atoms with Crippen LogP contribution in [-0.2, 0) is 9.59 Å². The molecular weight excluding hydrogens is 350 g/mol. The Morgan fingerprint density at radius 2 is 1.71 bits per heavy atom. The van der Waals surface area contributed by atoms with Crippen molar-refractivity contribution in [3.8, 4) is 0 Å². The van der Waals surface area contributed by atoms with E-state index in [1.54, 1.807) is 0 Å². The summed E-state index contributed by atoms with van der Waals surface area (Å²) in [5.74, 6) is -1.02. The lowest BCUT2D eigenvalue weighted by Crippen LogP contribution is -2.35. The van der Waals surface area contributed by atoms with Gasteiger partial charge in [0.05, 0.1) is 11.3 Å². The van der Waals surface area contributed by atoms with Crippen LogP contribution in [0.3, 0.4) is 0 Å². The lowest BCUT2D eigenvalue weighted by Gasteiger charge is -2.23. The van der Waals surface area contributed by atoms with Crippen molar-refractivity contribution in [1.29, 1.82) is 0 Å². The number of allylic oxidation sites excluding steroid dienone is 6. The molecule has 0 atom stereocenters. The average Bonchev–Trinajstić information content (AvgIpc) is 2.61. The summed E-state index contributed by atoms with van der Waals surface area (Å²) in [6, 6.07) is 0.0377. The van der Waals surface area contributed by atoms with Gasteiger partial charge in [0.15, 0.2) is 5.76 Å². The van der Waals surface area contributed by atoms with Crippen molar-refractivity contribution >= 4 is 11.6 Å². The number of ketones is 2. The second-order valence-electron chi connectivity index (χ2n) is 8.17. The number of nitrogens with one attached hydrogen (secondary N) is 1. The molecule has 0 heterocycles. The maximum atomic E-state index is 13.0. The maximum Gasteiger partial charge on any atom is 0.225 e. The molecule has 28 heavy (non-hydrogen) atoms. The summed E-state index contributed by atoms with van der Waals surface area (Å²) in [6.07, 6.45) is 9.63. The van der Waals surface area contributed by atoms with Crippen molar-refractivity contribution in [2.45, 2.75) is 92.5 Å². The number of Topliss-reactive ketones (excluding diaryl/α,β-unsaturated/α-hetero) is 2. The van der Waals surface area contributed by atoms with Gasteiger partial charge in [-0.1, -0.05) is 43.1 Å². The van der Waals surface area contributed by atoms with Crippen LogP contribution in [0.15, 0.2) is 45.9 Å². The lowest BCUT2D eigenvalue weighted by molar-refractivity contribution is -0.118. The second-order valence-corrected chi connectivity index (χ2v) is 8.17. The third kappa shape index (κ3) is 7.14. The van der Waals surface area contributed by atoms with Crippen LogP contribution in [-0.4, -0.2) is 22.7 Å². The minimum atomic E-state index is -0.399. The molecule has 0 amide bonds. The second kappa shape index (κ2) is 11.7. The van der Waals surface area contributed by atoms with Crippen LogP contribution in [0.5, 0.6) is 0 Å². The molecule has 0 aliphatic heterocycles. The van der Waals surface area contributed by atoms with Gasteiger partial charge in [-0.25, -0.2) is 0 Å². The third-order valence-electron chi connectivity index (χ3n) is 4.79. The van der Waals surface area contributed by atoms with Crippen molar-refractivity contribution in [3.05, 3.63) is 45.9 Å². The summed E-state index contributed by atoms with van der Waals surface area (Å²) < 4.78 is 0. The standard InChI is InChI=1S/C24H37NO3/c1-7-8-9-13-19-21(25-17(4)5)22(26)20(24(28)23(19)27)15-14-18(6)12-10-11-16(2)3/h11,14,17,25,28H,7-10,12-13,15H2,1-6H3/b18-14+. The summed E-state index contributed by atoms with van der Waals surface area (Å²) in [6.45, 7) is 12.1. The van der Waals surface area contributed by atoms with Crippen molar-refractivity contribution in [2.24, 2.45) is 0 Å². The Bertz CT molecular complexity index is 701. The van der Waals surface area contributed by atoms with E-state index in [2.05, 4.69) is 32.2 Å². The van der Waals surface area contributed by atoms with Crippen LogP contribution in [0.25, 0.3) is 0 Å². The Labute approximate surface area is 170 Å². The number of hydrogen-bond acceptors (Lipinski definition) is 4. The van der Waals surface area contributed by atoms with Gasteiger partial charge in [-0.15, -0.1) is 0 Å². The summed E-state index contributed by atoms with van der Waals surface area (Å²) in [7, 11) is 0. The molecule has 0 radical (unpaired) electrons. The minimum Gasteiger partial charge on any atom is -0.504 e. The highest BCUT2D eigenvalue weighted by molar-refractivity contribution is 6.24. The van der Waals surface area contributed by atoms with E-state index in [1.807, 2.05) is 26.8 Å². The predicted octanol–water partition coefficient (Wildman–Crippen LogP) is 5.87. The van der Waals surface area contributed by atoms with Gasteiger partial charge in [0.2, 0.25) is 11.6 Å². The Kier molecular flexibility index (Phi) is 9.98. The number of aliphatic hydroxyl groups excluding tert-OH is 1. The molecule has 0 aromatic carbocycles. The summed E-state index contributed by atoms with van der Waals surface area (Å²) in [5, 5.41) is 13.6. The zero-order valence-corrected chi connectivity index (χ0v) is 18.4. The third-order valence-corrected chi connectivity index (χ3v) is 4.79. The Balaban J connectivity index is 3.03. The highest BCUT2D eigenvalue weighted by Crippen LogP contribution is 2.28. The normalized spacial score (nSPS) is 15.6. The fourth-order valence-corrected chi connectivity index (χ4v) is 3.18. The monoisotopic (exact) mass is 387 g/mol. The van der Waals surface area contributed by atoms with Gasteiger partial charge in [0.1, 0.15) is 0 Å². The van der Waals surface area contributed by atoms with Crippen LogP contribution in [0.2, 0.25) is 0 Å². The van der Waals surface area contributed by atoms with Crippen molar-refractivity contribution in [2.75, 3.05) is 0 Å². The topological polar surface area (TPSA) is 66.4 Å². The predicted molar refractivity (Wildman–Crippen MR) is 116 cm³/mol. The van der Waals surface area contributed by atoms with E-state index in [1.165, 1.54) is 5.57 Å². The first-order valence-electron chi connectivity index (χ1n) is 10.5. The quantitative estimate of drug-likeness (QED) is 0.264. The number of rotatable bonds is 11. The molecule has 0 spiro atoms. The minimum absolute atomic E-state index is 0.0377. The highest BCUT2D eigenvalue weighted by atomic mass is 16.3. The highest BCUT2D eigenvalue weighted by Gasteiger charge is 2.34. The summed E-state index contributed by atoms with van der Waals surface area (Å²) in [4.78, 5) is 25.8.